The van der Waals surface area contributed by atoms with Crippen molar-refractivity contribution < 1.29 is 8.42 Å². The van der Waals surface area contributed by atoms with Crippen molar-refractivity contribution in [3.8, 4) is 0 Å². The number of nitrogens with one attached hydrogen (secondary N) is 2. The minimum absolute atomic E-state index is 0.300. The van der Waals surface area contributed by atoms with Crippen LogP contribution in [0.3, 0.4) is 0 Å². The summed E-state index contributed by atoms with van der Waals surface area (Å²) in [6.07, 6.45) is 0.820. The van der Waals surface area contributed by atoms with Crippen LogP contribution < -0.4 is 10.0 Å². The lowest BCUT2D eigenvalue weighted by Crippen LogP contribution is -2.15. The quantitative estimate of drug-likeness (QED) is 0.757. The Kier molecular flexibility index (Phi) is 5.64. The van der Waals surface area contributed by atoms with Crippen molar-refractivity contribution in [2.75, 3.05) is 17.8 Å². The first-order valence-corrected chi connectivity index (χ1v) is 9.27. The summed E-state index contributed by atoms with van der Waals surface area (Å²) in [5, 5.41) is 3.60. The summed E-state index contributed by atoms with van der Waals surface area (Å²) < 4.78 is 27.5. The molecule has 0 saturated carbocycles. The Morgan fingerprint density at radius 2 is 1.95 bits per heavy atom. The zero-order valence-corrected chi connectivity index (χ0v) is 14.0. The second-order valence-electron chi connectivity index (χ2n) is 4.41. The average molecular weight is 345 g/mol. The third-order valence-electron chi connectivity index (χ3n) is 2.82. The van der Waals surface area contributed by atoms with E-state index in [0.717, 1.165) is 24.4 Å². The summed E-state index contributed by atoms with van der Waals surface area (Å²) in [5.74, 6) is 0. The largest absolute Gasteiger partial charge is 0.317 e. The molecule has 2 aromatic rings. The van der Waals surface area contributed by atoms with Crippen molar-refractivity contribution in [1.29, 1.82) is 0 Å². The fourth-order valence-corrected chi connectivity index (χ4v) is 4.44. The van der Waals surface area contributed by atoms with E-state index >= 15 is 0 Å². The monoisotopic (exact) mass is 344 g/mol. The number of sulfonamides is 1. The van der Waals surface area contributed by atoms with Gasteiger partial charge in [-0.1, -0.05) is 30.7 Å². The van der Waals surface area contributed by atoms with Crippen molar-refractivity contribution >= 4 is 38.6 Å². The summed E-state index contributed by atoms with van der Waals surface area (Å²) in [6, 6.07) is 10.3. The summed E-state index contributed by atoms with van der Waals surface area (Å²) in [5.41, 5.74) is 0.391. The lowest BCUT2D eigenvalue weighted by Gasteiger charge is -2.07. The van der Waals surface area contributed by atoms with Crippen LogP contribution in [0.5, 0.6) is 0 Å². The van der Waals surface area contributed by atoms with Crippen LogP contribution in [0.25, 0.3) is 0 Å². The van der Waals surface area contributed by atoms with Gasteiger partial charge in [-0.05, 0) is 43.8 Å². The highest BCUT2D eigenvalue weighted by Gasteiger charge is 2.18. The molecule has 0 aliphatic rings. The highest BCUT2D eigenvalue weighted by molar-refractivity contribution is 7.94. The van der Waals surface area contributed by atoms with Gasteiger partial charge in [-0.15, -0.1) is 11.3 Å². The normalized spacial score (nSPS) is 11.5. The van der Waals surface area contributed by atoms with Crippen LogP contribution >= 0.6 is 22.9 Å². The number of hydrogen-bond acceptors (Lipinski definition) is 4. The summed E-state index contributed by atoms with van der Waals surface area (Å²) in [6.45, 7) is 3.79. The number of halogens is 1. The Bertz CT molecular complexity index is 699. The maximum Gasteiger partial charge on any atom is 0.271 e. The molecule has 4 nitrogen and oxygen atoms in total. The van der Waals surface area contributed by atoms with Gasteiger partial charge in [0.15, 0.2) is 0 Å². The Morgan fingerprint density at radius 1 is 1.19 bits per heavy atom. The van der Waals surface area contributed by atoms with Crippen molar-refractivity contribution in [1.82, 2.24) is 5.32 Å². The van der Waals surface area contributed by atoms with E-state index in [9.17, 15) is 8.42 Å². The van der Waals surface area contributed by atoms with Gasteiger partial charge in [0.05, 0.1) is 10.7 Å². The first kappa shape index (κ1) is 16.3. The van der Waals surface area contributed by atoms with Gasteiger partial charge in [-0.2, -0.15) is 0 Å². The van der Waals surface area contributed by atoms with Crippen LogP contribution in [0.1, 0.15) is 11.8 Å². The first-order valence-electron chi connectivity index (χ1n) is 6.59. The van der Waals surface area contributed by atoms with Gasteiger partial charge >= 0.3 is 0 Å². The van der Waals surface area contributed by atoms with Crippen LogP contribution in [-0.4, -0.2) is 21.5 Å². The molecule has 2 rings (SSSR count). The molecule has 2 N–H and O–H groups in total. The van der Waals surface area contributed by atoms with Gasteiger partial charge in [0.1, 0.15) is 4.21 Å². The third-order valence-corrected chi connectivity index (χ3v) is 6.15. The van der Waals surface area contributed by atoms with Gasteiger partial charge in [0, 0.05) is 4.88 Å². The topological polar surface area (TPSA) is 58.2 Å². The van der Waals surface area contributed by atoms with E-state index in [1.165, 1.54) is 11.3 Å². The smallest absolute Gasteiger partial charge is 0.271 e. The zero-order chi connectivity index (χ0) is 15.3. The van der Waals surface area contributed by atoms with E-state index in [4.69, 9.17) is 11.6 Å². The number of likely N-dealkylation sites (N-methyl/N-ethyl adjacent to an activating group) is 1. The summed E-state index contributed by atoms with van der Waals surface area (Å²) in [7, 11) is -3.58. The second kappa shape index (κ2) is 7.26. The molecule has 1 heterocycles. The number of para-hydroxylation sites is 1. The maximum absolute atomic E-state index is 12.3. The predicted octanol–water partition coefficient (Wildman–Crippen LogP) is 3.35. The van der Waals surface area contributed by atoms with Crippen LogP contribution in [0.15, 0.2) is 40.6 Å². The van der Waals surface area contributed by atoms with Gasteiger partial charge in [-0.25, -0.2) is 8.42 Å². The molecule has 1 aromatic carbocycles. The second-order valence-corrected chi connectivity index (χ2v) is 7.89. The SMILES string of the molecule is CCNCCc1ccc(S(=O)(=O)Nc2ccccc2Cl)s1. The van der Waals surface area contributed by atoms with Crippen LogP contribution in [0, 0.1) is 0 Å². The van der Waals surface area contributed by atoms with Gasteiger partial charge in [0.2, 0.25) is 0 Å². The molecule has 0 saturated heterocycles. The van der Waals surface area contributed by atoms with Crippen LogP contribution in [0.4, 0.5) is 5.69 Å². The number of hydrogen-bond donors (Lipinski definition) is 2. The molecule has 0 aliphatic carbocycles. The van der Waals surface area contributed by atoms with E-state index in [-0.39, 0.29) is 0 Å². The molecule has 0 bridgehead atoms. The van der Waals surface area contributed by atoms with Crippen molar-refractivity contribution in [2.24, 2.45) is 0 Å². The molecule has 1 aromatic heterocycles. The number of anilines is 1. The fraction of sp³-hybridized carbons (Fsp3) is 0.286. The predicted molar refractivity (Wildman–Crippen MR) is 88.8 cm³/mol. The number of thiophene rings is 1. The first-order chi connectivity index (χ1) is 10.0. The van der Waals surface area contributed by atoms with Crippen molar-refractivity contribution in [2.45, 2.75) is 17.6 Å². The molecule has 0 amide bonds. The Morgan fingerprint density at radius 3 is 2.67 bits per heavy atom. The minimum atomic E-state index is -3.58. The summed E-state index contributed by atoms with van der Waals surface area (Å²) in [4.78, 5) is 1.04. The van der Waals surface area contributed by atoms with Gasteiger partial charge < -0.3 is 5.32 Å². The summed E-state index contributed by atoms with van der Waals surface area (Å²) >= 11 is 7.26. The number of rotatable bonds is 7. The molecule has 0 spiro atoms. The lowest BCUT2D eigenvalue weighted by molar-refractivity contribution is 0.603. The van der Waals surface area contributed by atoms with Crippen LogP contribution in [0.2, 0.25) is 5.02 Å². The zero-order valence-electron chi connectivity index (χ0n) is 11.6. The fourth-order valence-electron chi connectivity index (χ4n) is 1.76. The molecule has 0 unspecified atom stereocenters. The molecule has 0 aliphatic heterocycles. The lowest BCUT2D eigenvalue weighted by atomic mass is 10.3. The Balaban J connectivity index is 2.11. The molecule has 0 fully saturated rings. The molecule has 114 valence electrons. The standard InChI is InChI=1S/C14H17ClN2O2S2/c1-2-16-10-9-11-7-8-14(20-11)21(18,19)17-13-6-4-3-5-12(13)15/h3-8,16-17H,2,9-10H2,1H3. The molecular weight excluding hydrogens is 328 g/mol. The van der Waals surface area contributed by atoms with Crippen molar-refractivity contribution in [3.63, 3.8) is 0 Å². The van der Waals surface area contributed by atoms with Crippen molar-refractivity contribution in [3.05, 3.63) is 46.3 Å². The molecule has 7 heteroatoms. The highest BCUT2D eigenvalue weighted by Crippen LogP contribution is 2.27. The van der Waals surface area contributed by atoms with E-state index in [0.29, 0.717) is 14.9 Å². The average Bonchev–Trinajstić information content (AvgIpc) is 2.91. The number of benzene rings is 1. The van der Waals surface area contributed by atoms with E-state index in [1.807, 2.05) is 13.0 Å². The molecule has 0 radical (unpaired) electrons. The van der Waals surface area contributed by atoms with Gasteiger partial charge in [-0.3, -0.25) is 4.72 Å². The molecular formula is C14H17ClN2O2S2. The maximum atomic E-state index is 12.3. The molecule has 0 atom stereocenters. The van der Waals surface area contributed by atoms with Crippen LogP contribution in [-0.2, 0) is 16.4 Å². The Hall–Kier alpha value is -1.08. The minimum Gasteiger partial charge on any atom is -0.317 e. The van der Waals surface area contributed by atoms with E-state index < -0.39 is 10.0 Å². The molecule has 21 heavy (non-hydrogen) atoms. The van der Waals surface area contributed by atoms with E-state index in [2.05, 4.69) is 10.0 Å². The highest BCUT2D eigenvalue weighted by atomic mass is 35.5. The van der Waals surface area contributed by atoms with Gasteiger partial charge in [0.25, 0.3) is 10.0 Å². The Labute approximate surface area is 134 Å². The van der Waals surface area contributed by atoms with E-state index in [1.54, 1.807) is 30.3 Å². The third kappa shape index (κ3) is 4.44.